The maximum absolute atomic E-state index is 12.8. The van der Waals surface area contributed by atoms with E-state index in [1.165, 1.54) is 6.42 Å². The Balaban J connectivity index is 1.54. The van der Waals surface area contributed by atoms with Crippen molar-refractivity contribution in [3.8, 4) is 0 Å². The monoisotopic (exact) mass is 321 g/mol. The van der Waals surface area contributed by atoms with E-state index in [0.717, 1.165) is 45.4 Å². The number of carbonyl (C=O) groups is 1. The molecule has 3 rings (SSSR count). The summed E-state index contributed by atoms with van der Waals surface area (Å²) in [5, 5.41) is 4.27. The smallest absolute Gasteiger partial charge is 0.251 e. The van der Waals surface area contributed by atoms with E-state index in [1.807, 2.05) is 28.8 Å². The molecule has 23 heavy (non-hydrogen) atoms. The molecule has 3 atom stereocenters. The molecule has 128 valence electrons. The standard InChI is InChI=1S/C17H27N3O3/c1-14(23-13-16-7-4-11-22-16)17(21)20-10-3-2-6-15(20)12-19-9-5-8-18-19/h5,8-9,14-16H,2-4,6-7,10-13H2,1H3/t14-,15-,16+/m0/s1. The van der Waals surface area contributed by atoms with E-state index >= 15 is 0 Å². The SMILES string of the molecule is C[C@H](OC[C@H]1CCCO1)C(=O)N1CCCC[C@H]1Cn1cccn1. The van der Waals surface area contributed by atoms with Gasteiger partial charge in [-0.15, -0.1) is 0 Å². The number of hydrogen-bond acceptors (Lipinski definition) is 4. The van der Waals surface area contributed by atoms with Gasteiger partial charge in [0.25, 0.3) is 5.91 Å². The van der Waals surface area contributed by atoms with Crippen LogP contribution in [0.25, 0.3) is 0 Å². The molecule has 2 aliphatic rings. The first-order valence-corrected chi connectivity index (χ1v) is 8.75. The van der Waals surface area contributed by atoms with Gasteiger partial charge in [0.05, 0.1) is 25.3 Å². The van der Waals surface area contributed by atoms with E-state index < -0.39 is 6.10 Å². The molecule has 0 radical (unpaired) electrons. The number of carbonyl (C=O) groups excluding carboxylic acids is 1. The van der Waals surface area contributed by atoms with Gasteiger partial charge in [0.1, 0.15) is 6.10 Å². The van der Waals surface area contributed by atoms with Crippen LogP contribution in [0.15, 0.2) is 18.5 Å². The highest BCUT2D eigenvalue weighted by Crippen LogP contribution is 2.20. The van der Waals surface area contributed by atoms with Gasteiger partial charge in [-0.1, -0.05) is 0 Å². The van der Waals surface area contributed by atoms with Gasteiger partial charge < -0.3 is 14.4 Å². The van der Waals surface area contributed by atoms with Crippen LogP contribution in [0.1, 0.15) is 39.0 Å². The average Bonchev–Trinajstić information content (AvgIpc) is 3.26. The van der Waals surface area contributed by atoms with Crippen LogP contribution in [0.4, 0.5) is 0 Å². The molecule has 2 aliphatic heterocycles. The molecule has 6 heteroatoms. The second-order valence-electron chi connectivity index (χ2n) is 6.52. The Morgan fingerprint density at radius 3 is 3.04 bits per heavy atom. The van der Waals surface area contributed by atoms with Crippen LogP contribution in [-0.2, 0) is 20.8 Å². The molecule has 2 fully saturated rings. The normalized spacial score (nSPS) is 26.4. The Labute approximate surface area is 137 Å². The second kappa shape index (κ2) is 7.93. The fourth-order valence-electron chi connectivity index (χ4n) is 3.44. The number of rotatable bonds is 6. The van der Waals surface area contributed by atoms with Gasteiger partial charge in [-0.3, -0.25) is 9.48 Å². The van der Waals surface area contributed by atoms with Gasteiger partial charge in [0, 0.05) is 25.5 Å². The number of nitrogens with zero attached hydrogens (tertiary/aromatic N) is 3. The van der Waals surface area contributed by atoms with Crippen LogP contribution in [-0.4, -0.2) is 58.6 Å². The summed E-state index contributed by atoms with van der Waals surface area (Å²) in [5.74, 6) is 0.0971. The fourth-order valence-corrected chi connectivity index (χ4v) is 3.44. The van der Waals surface area contributed by atoms with Crippen molar-refractivity contribution in [3.05, 3.63) is 18.5 Å². The van der Waals surface area contributed by atoms with Crippen molar-refractivity contribution in [2.45, 2.75) is 63.8 Å². The number of ether oxygens (including phenoxy) is 2. The van der Waals surface area contributed by atoms with Crippen LogP contribution < -0.4 is 0 Å². The second-order valence-corrected chi connectivity index (χ2v) is 6.52. The summed E-state index contributed by atoms with van der Waals surface area (Å²) >= 11 is 0. The minimum absolute atomic E-state index is 0.0971. The summed E-state index contributed by atoms with van der Waals surface area (Å²) in [6.07, 6.45) is 8.88. The number of likely N-dealkylation sites (tertiary alicyclic amines) is 1. The highest BCUT2D eigenvalue weighted by molar-refractivity contribution is 5.81. The molecule has 6 nitrogen and oxygen atoms in total. The van der Waals surface area contributed by atoms with Crippen LogP contribution in [0.5, 0.6) is 0 Å². The van der Waals surface area contributed by atoms with Crippen LogP contribution in [0.3, 0.4) is 0 Å². The van der Waals surface area contributed by atoms with Gasteiger partial charge in [-0.05, 0) is 45.1 Å². The number of aromatic nitrogens is 2. The van der Waals surface area contributed by atoms with Crippen molar-refractivity contribution >= 4 is 5.91 Å². The van der Waals surface area contributed by atoms with Gasteiger partial charge in [-0.2, -0.15) is 5.10 Å². The maximum Gasteiger partial charge on any atom is 0.251 e. The molecule has 0 bridgehead atoms. The van der Waals surface area contributed by atoms with Gasteiger partial charge in [-0.25, -0.2) is 0 Å². The van der Waals surface area contributed by atoms with Crippen LogP contribution in [0, 0.1) is 0 Å². The zero-order valence-electron chi connectivity index (χ0n) is 13.9. The van der Waals surface area contributed by atoms with E-state index in [4.69, 9.17) is 9.47 Å². The van der Waals surface area contributed by atoms with E-state index in [0.29, 0.717) is 6.61 Å². The molecule has 1 aromatic rings. The molecule has 0 spiro atoms. The Morgan fingerprint density at radius 2 is 2.30 bits per heavy atom. The van der Waals surface area contributed by atoms with Crippen molar-refractivity contribution in [3.63, 3.8) is 0 Å². The van der Waals surface area contributed by atoms with Crippen molar-refractivity contribution in [1.82, 2.24) is 14.7 Å². The molecule has 0 saturated carbocycles. The summed E-state index contributed by atoms with van der Waals surface area (Å²) in [4.78, 5) is 14.8. The molecule has 1 aromatic heterocycles. The Hall–Kier alpha value is -1.40. The summed E-state index contributed by atoms with van der Waals surface area (Å²) in [5.41, 5.74) is 0. The predicted octanol–water partition coefficient (Wildman–Crippen LogP) is 1.85. The molecule has 2 saturated heterocycles. The minimum Gasteiger partial charge on any atom is -0.376 e. The largest absolute Gasteiger partial charge is 0.376 e. The van der Waals surface area contributed by atoms with Crippen LogP contribution >= 0.6 is 0 Å². The molecule has 0 aliphatic carbocycles. The lowest BCUT2D eigenvalue weighted by Gasteiger charge is -2.37. The molecular weight excluding hydrogens is 294 g/mol. The van der Waals surface area contributed by atoms with E-state index in [2.05, 4.69) is 5.10 Å². The lowest BCUT2D eigenvalue weighted by Crippen LogP contribution is -2.50. The highest BCUT2D eigenvalue weighted by atomic mass is 16.5. The minimum atomic E-state index is -0.405. The molecule has 1 amide bonds. The summed E-state index contributed by atoms with van der Waals surface area (Å²) in [7, 11) is 0. The van der Waals surface area contributed by atoms with Crippen molar-refractivity contribution in [2.75, 3.05) is 19.8 Å². The first-order chi connectivity index (χ1) is 11.2. The Morgan fingerprint density at radius 1 is 1.39 bits per heavy atom. The van der Waals surface area contributed by atoms with Gasteiger partial charge in [0.15, 0.2) is 0 Å². The zero-order chi connectivity index (χ0) is 16.1. The third kappa shape index (κ3) is 4.32. The number of hydrogen-bond donors (Lipinski definition) is 0. The van der Waals surface area contributed by atoms with Gasteiger partial charge >= 0.3 is 0 Å². The maximum atomic E-state index is 12.8. The Bertz CT molecular complexity index is 485. The van der Waals surface area contributed by atoms with E-state index in [-0.39, 0.29) is 18.1 Å². The number of amides is 1. The van der Waals surface area contributed by atoms with Crippen molar-refractivity contribution in [1.29, 1.82) is 0 Å². The predicted molar refractivity (Wildman–Crippen MR) is 86.0 cm³/mol. The highest BCUT2D eigenvalue weighted by Gasteiger charge is 2.31. The lowest BCUT2D eigenvalue weighted by molar-refractivity contribution is -0.148. The number of piperidine rings is 1. The first kappa shape index (κ1) is 16.5. The molecule has 0 unspecified atom stereocenters. The van der Waals surface area contributed by atoms with E-state index in [1.54, 1.807) is 6.20 Å². The third-order valence-corrected chi connectivity index (χ3v) is 4.77. The van der Waals surface area contributed by atoms with Crippen molar-refractivity contribution < 1.29 is 14.3 Å². The first-order valence-electron chi connectivity index (χ1n) is 8.75. The fraction of sp³-hybridized carbons (Fsp3) is 0.765. The van der Waals surface area contributed by atoms with E-state index in [9.17, 15) is 4.79 Å². The molecule has 3 heterocycles. The Kier molecular flexibility index (Phi) is 5.67. The molecular formula is C17H27N3O3. The third-order valence-electron chi connectivity index (χ3n) is 4.77. The summed E-state index contributed by atoms with van der Waals surface area (Å²) in [6.45, 7) is 4.77. The average molecular weight is 321 g/mol. The summed E-state index contributed by atoms with van der Waals surface area (Å²) in [6, 6.07) is 2.13. The molecule has 0 N–H and O–H groups in total. The lowest BCUT2D eigenvalue weighted by atomic mass is 10.0. The summed E-state index contributed by atoms with van der Waals surface area (Å²) < 4.78 is 13.3. The quantitative estimate of drug-likeness (QED) is 0.802. The zero-order valence-corrected chi connectivity index (χ0v) is 13.9. The van der Waals surface area contributed by atoms with Crippen LogP contribution in [0.2, 0.25) is 0 Å². The molecule has 0 aromatic carbocycles. The van der Waals surface area contributed by atoms with Gasteiger partial charge in [0.2, 0.25) is 0 Å². The topological polar surface area (TPSA) is 56.6 Å². The van der Waals surface area contributed by atoms with Crippen molar-refractivity contribution in [2.24, 2.45) is 0 Å².